The number of hydrogen-bond donors (Lipinski definition) is 2. The number of anilines is 3. The first-order chi connectivity index (χ1) is 8.06. The molecule has 0 spiro atoms. The molecule has 0 atom stereocenters. The molecule has 0 fully saturated rings. The Bertz CT molecular complexity index is 520. The lowest BCUT2D eigenvalue weighted by Gasteiger charge is -2.09. The molecular weight excluding hydrogens is 264 g/mol. The van der Waals surface area contributed by atoms with E-state index in [0.29, 0.717) is 11.5 Å². The number of rotatable bonds is 2. The van der Waals surface area contributed by atoms with Crippen LogP contribution in [0.5, 0.6) is 0 Å². The van der Waals surface area contributed by atoms with E-state index < -0.39 is 5.82 Å². The first kappa shape index (κ1) is 12.0. The van der Waals surface area contributed by atoms with Crippen molar-refractivity contribution in [2.45, 2.75) is 0 Å². The van der Waals surface area contributed by atoms with Crippen LogP contribution in [0.4, 0.5) is 21.6 Å². The Hall–Kier alpha value is -1.52. The molecular formula is C11H8Cl2FN3. The summed E-state index contributed by atoms with van der Waals surface area (Å²) in [4.78, 5) is 3.96. The highest BCUT2D eigenvalue weighted by molar-refractivity contribution is 6.33. The lowest BCUT2D eigenvalue weighted by Crippen LogP contribution is -1.98. The predicted molar refractivity (Wildman–Crippen MR) is 68.4 cm³/mol. The number of pyridine rings is 1. The first-order valence-corrected chi connectivity index (χ1v) is 5.46. The third-order valence-electron chi connectivity index (χ3n) is 2.03. The van der Waals surface area contributed by atoms with Crippen molar-refractivity contribution < 1.29 is 4.39 Å². The smallest absolute Gasteiger partial charge is 0.148 e. The molecule has 88 valence electrons. The number of nitrogen functional groups attached to an aromatic ring is 1. The van der Waals surface area contributed by atoms with E-state index in [-0.39, 0.29) is 15.9 Å². The Kier molecular flexibility index (Phi) is 3.36. The molecule has 0 unspecified atom stereocenters. The van der Waals surface area contributed by atoms with Crippen LogP contribution in [0, 0.1) is 5.82 Å². The van der Waals surface area contributed by atoms with Gasteiger partial charge in [0.15, 0.2) is 0 Å². The van der Waals surface area contributed by atoms with Crippen molar-refractivity contribution >= 4 is 40.4 Å². The molecule has 0 saturated heterocycles. The Morgan fingerprint density at radius 3 is 2.65 bits per heavy atom. The van der Waals surface area contributed by atoms with Gasteiger partial charge in [0.05, 0.1) is 10.7 Å². The molecule has 2 aromatic rings. The largest absolute Gasteiger partial charge is 0.399 e. The van der Waals surface area contributed by atoms with Crippen LogP contribution < -0.4 is 11.1 Å². The molecule has 0 radical (unpaired) electrons. The molecule has 3 nitrogen and oxygen atoms in total. The van der Waals surface area contributed by atoms with E-state index in [1.54, 1.807) is 6.07 Å². The van der Waals surface area contributed by atoms with Crippen LogP contribution in [0.3, 0.4) is 0 Å². The zero-order valence-electron chi connectivity index (χ0n) is 8.55. The second-order valence-corrected chi connectivity index (χ2v) is 4.12. The summed E-state index contributed by atoms with van der Waals surface area (Å²) in [6.07, 6.45) is 0. The van der Waals surface area contributed by atoms with Crippen molar-refractivity contribution in [1.82, 2.24) is 4.98 Å². The zero-order chi connectivity index (χ0) is 12.4. The number of para-hydroxylation sites is 1. The van der Waals surface area contributed by atoms with Crippen LogP contribution in [0.25, 0.3) is 0 Å². The van der Waals surface area contributed by atoms with Crippen LogP contribution in [-0.2, 0) is 0 Å². The Labute approximate surface area is 107 Å². The van der Waals surface area contributed by atoms with Crippen molar-refractivity contribution in [1.29, 1.82) is 0 Å². The van der Waals surface area contributed by atoms with Gasteiger partial charge in [-0.1, -0.05) is 29.3 Å². The highest BCUT2D eigenvalue weighted by atomic mass is 35.5. The third kappa shape index (κ3) is 2.78. The van der Waals surface area contributed by atoms with Crippen LogP contribution in [0.1, 0.15) is 0 Å². The summed E-state index contributed by atoms with van der Waals surface area (Å²) >= 11 is 11.6. The first-order valence-electron chi connectivity index (χ1n) is 4.70. The summed E-state index contributed by atoms with van der Waals surface area (Å²) in [7, 11) is 0. The molecule has 0 aliphatic carbocycles. The average molecular weight is 272 g/mol. The van der Waals surface area contributed by atoms with Gasteiger partial charge in [-0.15, -0.1) is 0 Å². The minimum Gasteiger partial charge on any atom is -0.399 e. The van der Waals surface area contributed by atoms with E-state index in [4.69, 9.17) is 28.9 Å². The minimum atomic E-state index is -0.474. The third-order valence-corrected chi connectivity index (χ3v) is 2.54. The van der Waals surface area contributed by atoms with Crippen molar-refractivity contribution in [3.63, 3.8) is 0 Å². The number of halogens is 3. The van der Waals surface area contributed by atoms with Crippen molar-refractivity contribution in [2.75, 3.05) is 11.1 Å². The normalized spacial score (nSPS) is 10.3. The van der Waals surface area contributed by atoms with Gasteiger partial charge in [-0.3, -0.25) is 0 Å². The van der Waals surface area contributed by atoms with Crippen molar-refractivity contribution in [3.05, 3.63) is 46.3 Å². The van der Waals surface area contributed by atoms with E-state index in [9.17, 15) is 4.39 Å². The van der Waals surface area contributed by atoms with Gasteiger partial charge in [-0.2, -0.15) is 0 Å². The number of hydrogen-bond acceptors (Lipinski definition) is 3. The maximum absolute atomic E-state index is 13.5. The molecule has 17 heavy (non-hydrogen) atoms. The maximum Gasteiger partial charge on any atom is 0.148 e. The Morgan fingerprint density at radius 2 is 2.00 bits per heavy atom. The van der Waals surface area contributed by atoms with Gasteiger partial charge >= 0.3 is 0 Å². The lowest BCUT2D eigenvalue weighted by atomic mass is 10.3. The quantitative estimate of drug-likeness (QED) is 0.816. The Morgan fingerprint density at radius 1 is 1.24 bits per heavy atom. The maximum atomic E-state index is 13.5. The summed E-state index contributed by atoms with van der Waals surface area (Å²) in [6.45, 7) is 0. The summed E-state index contributed by atoms with van der Waals surface area (Å²) in [5.74, 6) is -0.139. The summed E-state index contributed by atoms with van der Waals surface area (Å²) in [6, 6.07) is 7.41. The zero-order valence-corrected chi connectivity index (χ0v) is 10.1. The van der Waals surface area contributed by atoms with E-state index in [1.807, 2.05) is 0 Å². The summed E-state index contributed by atoms with van der Waals surface area (Å²) in [5, 5.41) is 3.22. The molecule has 0 aliphatic heterocycles. The number of nitrogens with two attached hydrogens (primary N) is 1. The van der Waals surface area contributed by atoms with Crippen LogP contribution in [0.15, 0.2) is 30.3 Å². The number of nitrogens with zero attached hydrogens (tertiary/aromatic N) is 1. The molecule has 0 bridgehead atoms. The number of aromatic nitrogens is 1. The summed E-state index contributed by atoms with van der Waals surface area (Å²) in [5.41, 5.74) is 6.17. The molecule has 0 amide bonds. The second-order valence-electron chi connectivity index (χ2n) is 3.33. The molecule has 0 aliphatic rings. The topological polar surface area (TPSA) is 50.9 Å². The molecule has 0 saturated carbocycles. The summed E-state index contributed by atoms with van der Waals surface area (Å²) < 4.78 is 13.5. The van der Waals surface area contributed by atoms with Gasteiger partial charge in [0.1, 0.15) is 16.8 Å². The lowest BCUT2D eigenvalue weighted by molar-refractivity contribution is 0.632. The van der Waals surface area contributed by atoms with E-state index in [2.05, 4.69) is 10.3 Å². The molecule has 6 heteroatoms. The number of nitrogens with one attached hydrogen (secondary N) is 1. The van der Waals surface area contributed by atoms with Gasteiger partial charge in [-0.05, 0) is 18.2 Å². The van der Waals surface area contributed by atoms with E-state index in [0.717, 1.165) is 0 Å². The molecule has 3 N–H and O–H groups in total. The van der Waals surface area contributed by atoms with Crippen molar-refractivity contribution in [3.8, 4) is 0 Å². The van der Waals surface area contributed by atoms with Gasteiger partial charge in [0.25, 0.3) is 0 Å². The van der Waals surface area contributed by atoms with Gasteiger partial charge < -0.3 is 11.1 Å². The van der Waals surface area contributed by atoms with E-state index in [1.165, 1.54) is 24.3 Å². The highest BCUT2D eigenvalue weighted by Gasteiger charge is 2.08. The van der Waals surface area contributed by atoms with Crippen LogP contribution >= 0.6 is 23.2 Å². The average Bonchev–Trinajstić information content (AvgIpc) is 2.22. The van der Waals surface area contributed by atoms with Crippen LogP contribution in [0.2, 0.25) is 10.2 Å². The van der Waals surface area contributed by atoms with Gasteiger partial charge in [0.2, 0.25) is 0 Å². The van der Waals surface area contributed by atoms with Crippen molar-refractivity contribution in [2.24, 2.45) is 0 Å². The second kappa shape index (κ2) is 4.77. The van der Waals surface area contributed by atoms with Gasteiger partial charge in [0, 0.05) is 11.8 Å². The fraction of sp³-hybridized carbons (Fsp3) is 0. The monoisotopic (exact) mass is 271 g/mol. The van der Waals surface area contributed by atoms with E-state index >= 15 is 0 Å². The minimum absolute atomic E-state index is 0.142. The molecule has 1 heterocycles. The molecule has 1 aromatic carbocycles. The standard InChI is InChI=1S/C11H8Cl2FN3/c12-7-2-1-3-8(14)11(7)17-10-5-6(15)4-9(13)16-10/h1-5H,(H3,15,16,17). The predicted octanol–water partition coefficient (Wildman–Crippen LogP) is 3.85. The molecule has 1 aromatic heterocycles. The van der Waals surface area contributed by atoms with Crippen LogP contribution in [-0.4, -0.2) is 4.98 Å². The SMILES string of the molecule is Nc1cc(Cl)nc(Nc2c(F)cccc2Cl)c1. The Balaban J connectivity index is 2.38. The van der Waals surface area contributed by atoms with Gasteiger partial charge in [-0.25, -0.2) is 9.37 Å². The fourth-order valence-corrected chi connectivity index (χ4v) is 1.75. The fourth-order valence-electron chi connectivity index (χ4n) is 1.33. The highest BCUT2D eigenvalue weighted by Crippen LogP contribution is 2.28. The molecule has 2 rings (SSSR count). The number of benzene rings is 1.